The third kappa shape index (κ3) is 3.85. The topological polar surface area (TPSA) is 94.0 Å². The van der Waals surface area contributed by atoms with Crippen LogP contribution in [0.1, 0.15) is 5.69 Å². The number of nitrogens with zero attached hydrogens (tertiary/aromatic N) is 3. The zero-order chi connectivity index (χ0) is 12.3. The molecule has 0 bridgehead atoms. The zero-order valence-electron chi connectivity index (χ0n) is 7.98. The van der Waals surface area contributed by atoms with Gasteiger partial charge in [0.05, 0.1) is 5.69 Å². The Labute approximate surface area is 87.8 Å². The van der Waals surface area contributed by atoms with Gasteiger partial charge in [-0.2, -0.15) is 13.2 Å². The van der Waals surface area contributed by atoms with E-state index in [0.29, 0.717) is 4.68 Å². The van der Waals surface area contributed by atoms with Crippen molar-refractivity contribution in [2.45, 2.75) is 25.2 Å². The normalized spacial score (nSPS) is 13.8. The van der Waals surface area contributed by atoms with E-state index in [9.17, 15) is 18.0 Å². The molecule has 1 heterocycles. The van der Waals surface area contributed by atoms with Gasteiger partial charge >= 0.3 is 12.1 Å². The number of nitrogens with two attached hydrogens (primary N) is 1. The van der Waals surface area contributed by atoms with Gasteiger partial charge in [0.25, 0.3) is 0 Å². The molecule has 9 heteroatoms. The van der Waals surface area contributed by atoms with E-state index in [2.05, 4.69) is 10.3 Å². The van der Waals surface area contributed by atoms with Gasteiger partial charge < -0.3 is 10.8 Å². The lowest BCUT2D eigenvalue weighted by atomic mass is 10.2. The first-order valence-electron chi connectivity index (χ1n) is 4.22. The van der Waals surface area contributed by atoms with Crippen LogP contribution in [0.4, 0.5) is 13.2 Å². The Morgan fingerprint density at radius 1 is 1.62 bits per heavy atom. The maximum absolute atomic E-state index is 11.9. The molecule has 0 aliphatic heterocycles. The molecular formula is C7H9F3N4O2. The molecule has 0 spiro atoms. The Balaban J connectivity index is 2.62. The third-order valence-electron chi connectivity index (χ3n) is 1.67. The molecule has 0 aromatic carbocycles. The second-order valence-corrected chi connectivity index (χ2v) is 3.17. The minimum Gasteiger partial charge on any atom is -0.480 e. The average Bonchev–Trinajstić information content (AvgIpc) is 2.49. The lowest BCUT2D eigenvalue weighted by Crippen LogP contribution is -2.32. The first-order valence-corrected chi connectivity index (χ1v) is 4.22. The van der Waals surface area contributed by atoms with E-state index >= 15 is 0 Å². The molecule has 16 heavy (non-hydrogen) atoms. The lowest BCUT2D eigenvalue weighted by Gasteiger charge is -2.04. The minimum absolute atomic E-state index is 0.110. The number of aliphatic carboxylic acids is 1. The molecule has 0 saturated carbocycles. The van der Waals surface area contributed by atoms with Gasteiger partial charge in [-0.1, -0.05) is 5.21 Å². The molecule has 0 saturated heterocycles. The van der Waals surface area contributed by atoms with Crippen LogP contribution in [0, 0.1) is 0 Å². The summed E-state index contributed by atoms with van der Waals surface area (Å²) >= 11 is 0. The van der Waals surface area contributed by atoms with Gasteiger partial charge in [0.15, 0.2) is 0 Å². The highest BCUT2D eigenvalue weighted by Gasteiger charge is 2.28. The van der Waals surface area contributed by atoms with Gasteiger partial charge in [0, 0.05) is 12.6 Å². The summed E-state index contributed by atoms with van der Waals surface area (Å²) in [5.41, 5.74) is 5.30. The van der Waals surface area contributed by atoms with Crippen molar-refractivity contribution in [2.75, 3.05) is 0 Å². The highest BCUT2D eigenvalue weighted by Crippen LogP contribution is 2.16. The number of hydrogen-bond donors (Lipinski definition) is 2. The van der Waals surface area contributed by atoms with Crippen molar-refractivity contribution < 1.29 is 23.1 Å². The monoisotopic (exact) mass is 238 g/mol. The second-order valence-electron chi connectivity index (χ2n) is 3.17. The van der Waals surface area contributed by atoms with E-state index in [1.807, 2.05) is 0 Å². The van der Waals surface area contributed by atoms with Gasteiger partial charge in [0.1, 0.15) is 12.6 Å². The summed E-state index contributed by atoms with van der Waals surface area (Å²) in [4.78, 5) is 10.4. The van der Waals surface area contributed by atoms with E-state index in [1.165, 1.54) is 0 Å². The van der Waals surface area contributed by atoms with Crippen molar-refractivity contribution in [3.05, 3.63) is 11.9 Å². The van der Waals surface area contributed by atoms with Crippen LogP contribution >= 0.6 is 0 Å². The van der Waals surface area contributed by atoms with Gasteiger partial charge in [-0.25, -0.2) is 4.68 Å². The molecule has 1 aromatic rings. The van der Waals surface area contributed by atoms with Crippen molar-refractivity contribution in [1.29, 1.82) is 0 Å². The van der Waals surface area contributed by atoms with E-state index in [-0.39, 0.29) is 12.1 Å². The predicted octanol–water partition coefficient (Wildman–Crippen LogP) is -0.205. The lowest BCUT2D eigenvalue weighted by molar-refractivity contribution is -0.143. The van der Waals surface area contributed by atoms with Gasteiger partial charge in [0.2, 0.25) is 0 Å². The van der Waals surface area contributed by atoms with E-state index in [1.54, 1.807) is 0 Å². The first-order chi connectivity index (χ1) is 7.28. The molecule has 3 N–H and O–H groups in total. The first kappa shape index (κ1) is 12.4. The molecule has 1 atom stereocenters. The van der Waals surface area contributed by atoms with Crippen LogP contribution in [0.3, 0.4) is 0 Å². The summed E-state index contributed by atoms with van der Waals surface area (Å²) in [7, 11) is 0. The van der Waals surface area contributed by atoms with E-state index in [4.69, 9.17) is 10.8 Å². The Morgan fingerprint density at radius 2 is 2.25 bits per heavy atom. The van der Waals surface area contributed by atoms with Crippen LogP contribution in [0.25, 0.3) is 0 Å². The molecular weight excluding hydrogens is 229 g/mol. The van der Waals surface area contributed by atoms with Gasteiger partial charge in [-0.15, -0.1) is 5.10 Å². The third-order valence-corrected chi connectivity index (χ3v) is 1.67. The van der Waals surface area contributed by atoms with Crippen LogP contribution < -0.4 is 5.73 Å². The number of alkyl halides is 3. The Morgan fingerprint density at radius 3 is 2.75 bits per heavy atom. The standard InChI is InChI=1S/C7H9F3N4O2/c8-7(9,10)3-14-2-4(12-13-14)1-5(11)6(15)16/h2,5H,1,3,11H2,(H,15,16). The predicted molar refractivity (Wildman–Crippen MR) is 45.4 cm³/mol. The maximum atomic E-state index is 11.9. The smallest absolute Gasteiger partial charge is 0.408 e. The number of aromatic nitrogens is 3. The zero-order valence-corrected chi connectivity index (χ0v) is 7.98. The fraction of sp³-hybridized carbons (Fsp3) is 0.571. The van der Waals surface area contributed by atoms with Crippen LogP contribution in [-0.4, -0.2) is 38.3 Å². The summed E-state index contributed by atoms with van der Waals surface area (Å²) in [6.07, 6.45) is -3.52. The molecule has 0 aliphatic rings. The molecule has 1 rings (SSSR count). The van der Waals surface area contributed by atoms with Crippen LogP contribution in [0.15, 0.2) is 6.20 Å². The molecule has 1 aromatic heterocycles. The summed E-state index contributed by atoms with van der Waals surface area (Å²) < 4.78 is 36.4. The van der Waals surface area contributed by atoms with Gasteiger partial charge in [-0.3, -0.25) is 4.79 Å². The summed E-state index contributed by atoms with van der Waals surface area (Å²) in [5.74, 6) is -1.25. The number of rotatable bonds is 4. The molecule has 0 aliphatic carbocycles. The highest BCUT2D eigenvalue weighted by molar-refractivity contribution is 5.73. The van der Waals surface area contributed by atoms with Gasteiger partial charge in [-0.05, 0) is 0 Å². The Hall–Kier alpha value is -1.64. The number of carbonyl (C=O) groups is 1. The second kappa shape index (κ2) is 4.47. The fourth-order valence-corrected chi connectivity index (χ4v) is 1.01. The minimum atomic E-state index is -4.39. The quantitative estimate of drug-likeness (QED) is 0.757. The summed E-state index contributed by atoms with van der Waals surface area (Å²) in [6.45, 7) is -1.26. The average molecular weight is 238 g/mol. The Bertz CT molecular complexity index is 376. The molecule has 6 nitrogen and oxygen atoms in total. The molecule has 90 valence electrons. The van der Waals surface area contributed by atoms with Crippen molar-refractivity contribution in [2.24, 2.45) is 5.73 Å². The summed E-state index contributed by atoms with van der Waals surface area (Å²) in [5, 5.41) is 15.1. The van der Waals surface area contributed by atoms with E-state index < -0.39 is 24.7 Å². The van der Waals surface area contributed by atoms with Crippen LogP contribution in [0.5, 0.6) is 0 Å². The molecule has 0 amide bonds. The molecule has 1 unspecified atom stereocenters. The number of halogens is 3. The largest absolute Gasteiger partial charge is 0.480 e. The summed E-state index contributed by atoms with van der Waals surface area (Å²) in [6, 6.07) is -1.20. The Kier molecular flexibility index (Phi) is 3.48. The molecule has 0 radical (unpaired) electrons. The number of carboxylic acids is 1. The number of carboxylic acid groups (broad SMARTS) is 1. The van der Waals surface area contributed by atoms with Crippen molar-refractivity contribution >= 4 is 5.97 Å². The fourth-order valence-electron chi connectivity index (χ4n) is 1.01. The number of hydrogen-bond acceptors (Lipinski definition) is 4. The molecule has 0 fully saturated rings. The van der Waals surface area contributed by atoms with E-state index in [0.717, 1.165) is 6.20 Å². The van der Waals surface area contributed by atoms with Crippen molar-refractivity contribution in [3.8, 4) is 0 Å². The van der Waals surface area contributed by atoms with Crippen molar-refractivity contribution in [1.82, 2.24) is 15.0 Å². The maximum Gasteiger partial charge on any atom is 0.408 e. The van der Waals surface area contributed by atoms with Crippen LogP contribution in [-0.2, 0) is 17.8 Å². The SMILES string of the molecule is NC(Cc1cn(CC(F)(F)F)nn1)C(=O)O. The van der Waals surface area contributed by atoms with Crippen LogP contribution in [0.2, 0.25) is 0 Å². The highest BCUT2D eigenvalue weighted by atomic mass is 19.4. The van der Waals surface area contributed by atoms with Crippen molar-refractivity contribution in [3.63, 3.8) is 0 Å².